The SMILES string of the molecule is Nc1ccccc1NC(=O)Cn1cc(Br)cn1. The molecule has 6 heteroatoms. The largest absolute Gasteiger partial charge is 0.397 e. The molecule has 1 amide bonds. The molecule has 0 aliphatic rings. The predicted molar refractivity (Wildman–Crippen MR) is 69.4 cm³/mol. The van der Waals surface area contributed by atoms with Gasteiger partial charge in [0.15, 0.2) is 0 Å². The van der Waals surface area contributed by atoms with Crippen molar-refractivity contribution in [1.29, 1.82) is 0 Å². The summed E-state index contributed by atoms with van der Waals surface area (Å²) in [6, 6.07) is 7.12. The van der Waals surface area contributed by atoms with E-state index in [9.17, 15) is 4.79 Å². The van der Waals surface area contributed by atoms with Crippen molar-refractivity contribution >= 4 is 33.2 Å². The third kappa shape index (κ3) is 3.07. The second-order valence-corrected chi connectivity index (χ2v) is 4.41. The normalized spacial score (nSPS) is 10.2. The summed E-state index contributed by atoms with van der Waals surface area (Å²) in [5, 5.41) is 6.73. The Morgan fingerprint density at radius 2 is 2.24 bits per heavy atom. The maximum Gasteiger partial charge on any atom is 0.246 e. The molecule has 1 aromatic carbocycles. The zero-order valence-electron chi connectivity index (χ0n) is 8.93. The molecule has 0 bridgehead atoms. The van der Waals surface area contributed by atoms with E-state index in [4.69, 9.17) is 5.73 Å². The molecule has 2 aromatic rings. The molecule has 0 unspecified atom stereocenters. The zero-order valence-corrected chi connectivity index (χ0v) is 10.5. The number of nitrogens with zero attached hydrogens (tertiary/aromatic N) is 2. The van der Waals surface area contributed by atoms with E-state index in [2.05, 4.69) is 26.3 Å². The minimum Gasteiger partial charge on any atom is -0.397 e. The number of halogens is 1. The van der Waals surface area contributed by atoms with E-state index < -0.39 is 0 Å². The number of nitrogens with two attached hydrogens (primary N) is 1. The summed E-state index contributed by atoms with van der Waals surface area (Å²) in [7, 11) is 0. The molecule has 0 atom stereocenters. The fourth-order valence-electron chi connectivity index (χ4n) is 1.37. The number of aromatic nitrogens is 2. The summed E-state index contributed by atoms with van der Waals surface area (Å²) < 4.78 is 2.38. The van der Waals surface area contributed by atoms with Crippen LogP contribution in [0.4, 0.5) is 11.4 Å². The van der Waals surface area contributed by atoms with Crippen LogP contribution in [-0.2, 0) is 11.3 Å². The lowest BCUT2D eigenvalue weighted by atomic mass is 10.2. The molecular formula is C11H11BrN4O. The monoisotopic (exact) mass is 294 g/mol. The molecule has 3 N–H and O–H groups in total. The maximum atomic E-state index is 11.7. The van der Waals surface area contributed by atoms with Gasteiger partial charge < -0.3 is 11.1 Å². The molecule has 1 aromatic heterocycles. The van der Waals surface area contributed by atoms with Crippen LogP contribution in [0.2, 0.25) is 0 Å². The van der Waals surface area contributed by atoms with E-state index in [-0.39, 0.29) is 12.5 Å². The third-order valence-electron chi connectivity index (χ3n) is 2.14. The van der Waals surface area contributed by atoms with Gasteiger partial charge in [-0.05, 0) is 28.1 Å². The third-order valence-corrected chi connectivity index (χ3v) is 2.55. The highest BCUT2D eigenvalue weighted by molar-refractivity contribution is 9.10. The molecule has 1 heterocycles. The number of amides is 1. The Kier molecular flexibility index (Phi) is 3.43. The average molecular weight is 295 g/mol. The van der Waals surface area contributed by atoms with Crippen LogP contribution >= 0.6 is 15.9 Å². The molecule has 88 valence electrons. The van der Waals surface area contributed by atoms with Gasteiger partial charge in [0.25, 0.3) is 0 Å². The quantitative estimate of drug-likeness (QED) is 0.849. The summed E-state index contributed by atoms with van der Waals surface area (Å²) in [5.41, 5.74) is 6.88. The molecular weight excluding hydrogens is 284 g/mol. The van der Waals surface area contributed by atoms with E-state index in [1.165, 1.54) is 0 Å². The average Bonchev–Trinajstić information content (AvgIpc) is 2.67. The molecule has 17 heavy (non-hydrogen) atoms. The van der Waals surface area contributed by atoms with Gasteiger partial charge in [-0.25, -0.2) is 0 Å². The molecule has 0 aliphatic heterocycles. The van der Waals surface area contributed by atoms with Gasteiger partial charge in [0.2, 0.25) is 5.91 Å². The van der Waals surface area contributed by atoms with Crippen LogP contribution in [0.1, 0.15) is 0 Å². The van der Waals surface area contributed by atoms with Crippen molar-refractivity contribution in [3.8, 4) is 0 Å². The summed E-state index contributed by atoms with van der Waals surface area (Å²) >= 11 is 3.27. The zero-order chi connectivity index (χ0) is 12.3. The van der Waals surface area contributed by atoms with E-state index >= 15 is 0 Å². The number of anilines is 2. The molecule has 2 rings (SSSR count). The van der Waals surface area contributed by atoms with Crippen LogP contribution in [0.25, 0.3) is 0 Å². The Bertz CT molecular complexity index is 538. The molecule has 5 nitrogen and oxygen atoms in total. The van der Waals surface area contributed by atoms with Crippen molar-refractivity contribution in [3.63, 3.8) is 0 Å². The van der Waals surface area contributed by atoms with Gasteiger partial charge in [0.05, 0.1) is 22.0 Å². The van der Waals surface area contributed by atoms with Crippen molar-refractivity contribution < 1.29 is 4.79 Å². The number of hydrogen-bond acceptors (Lipinski definition) is 3. The minimum atomic E-state index is -0.168. The summed E-state index contributed by atoms with van der Waals surface area (Å²) in [4.78, 5) is 11.7. The summed E-state index contributed by atoms with van der Waals surface area (Å²) in [6.07, 6.45) is 3.36. The Balaban J connectivity index is 2.01. The smallest absolute Gasteiger partial charge is 0.246 e. The van der Waals surface area contributed by atoms with Crippen molar-refractivity contribution in [2.75, 3.05) is 11.1 Å². The van der Waals surface area contributed by atoms with Gasteiger partial charge in [-0.15, -0.1) is 0 Å². The van der Waals surface area contributed by atoms with Crippen LogP contribution < -0.4 is 11.1 Å². The molecule has 0 saturated heterocycles. The first-order valence-electron chi connectivity index (χ1n) is 4.97. The summed E-state index contributed by atoms with van der Waals surface area (Å²) in [6.45, 7) is 0.153. The van der Waals surface area contributed by atoms with Crippen molar-refractivity contribution in [3.05, 3.63) is 41.1 Å². The van der Waals surface area contributed by atoms with Gasteiger partial charge in [-0.1, -0.05) is 12.1 Å². The van der Waals surface area contributed by atoms with Gasteiger partial charge >= 0.3 is 0 Å². The number of rotatable bonds is 3. The van der Waals surface area contributed by atoms with E-state index in [1.54, 1.807) is 29.2 Å². The summed E-state index contributed by atoms with van der Waals surface area (Å²) in [5.74, 6) is -0.168. The van der Waals surface area contributed by atoms with Gasteiger partial charge in [0.1, 0.15) is 6.54 Å². The highest BCUT2D eigenvalue weighted by Crippen LogP contribution is 2.16. The number of benzene rings is 1. The Morgan fingerprint density at radius 1 is 1.47 bits per heavy atom. The van der Waals surface area contributed by atoms with Crippen LogP contribution in [-0.4, -0.2) is 15.7 Å². The molecule has 0 aliphatic carbocycles. The predicted octanol–water partition coefficient (Wildman–Crippen LogP) is 1.87. The lowest BCUT2D eigenvalue weighted by molar-refractivity contribution is -0.116. The Hall–Kier alpha value is -1.82. The van der Waals surface area contributed by atoms with Gasteiger partial charge in [-0.3, -0.25) is 9.48 Å². The molecule has 0 saturated carbocycles. The van der Waals surface area contributed by atoms with Gasteiger partial charge in [0, 0.05) is 6.20 Å². The number of carbonyl (C=O) groups excluding carboxylic acids is 1. The van der Waals surface area contributed by atoms with E-state index in [0.29, 0.717) is 11.4 Å². The number of para-hydroxylation sites is 2. The van der Waals surface area contributed by atoms with Gasteiger partial charge in [-0.2, -0.15) is 5.10 Å². The number of hydrogen-bond donors (Lipinski definition) is 2. The van der Waals surface area contributed by atoms with E-state index in [0.717, 1.165) is 4.47 Å². The Labute approximate surface area is 107 Å². The maximum absolute atomic E-state index is 11.7. The first-order valence-corrected chi connectivity index (χ1v) is 5.77. The number of nitrogen functional groups attached to an aromatic ring is 1. The highest BCUT2D eigenvalue weighted by Gasteiger charge is 2.06. The molecule has 0 spiro atoms. The highest BCUT2D eigenvalue weighted by atomic mass is 79.9. The topological polar surface area (TPSA) is 72.9 Å². The minimum absolute atomic E-state index is 0.153. The Morgan fingerprint density at radius 3 is 2.88 bits per heavy atom. The number of carbonyl (C=O) groups is 1. The standard InChI is InChI=1S/C11H11BrN4O/c12-8-5-14-16(6-8)7-11(17)15-10-4-2-1-3-9(10)13/h1-6H,7,13H2,(H,15,17). The van der Waals surface area contributed by atoms with Crippen molar-refractivity contribution in [2.24, 2.45) is 0 Å². The lowest BCUT2D eigenvalue weighted by Crippen LogP contribution is -2.19. The molecule has 0 radical (unpaired) electrons. The van der Waals surface area contributed by atoms with E-state index in [1.807, 2.05) is 12.1 Å². The lowest BCUT2D eigenvalue weighted by Gasteiger charge is -2.07. The van der Waals surface area contributed by atoms with Crippen LogP contribution in [0.5, 0.6) is 0 Å². The second kappa shape index (κ2) is 5.01. The van der Waals surface area contributed by atoms with Crippen LogP contribution in [0.15, 0.2) is 41.1 Å². The number of nitrogens with one attached hydrogen (secondary N) is 1. The van der Waals surface area contributed by atoms with Crippen LogP contribution in [0.3, 0.4) is 0 Å². The fourth-order valence-corrected chi connectivity index (χ4v) is 1.70. The van der Waals surface area contributed by atoms with Crippen molar-refractivity contribution in [1.82, 2.24) is 9.78 Å². The fraction of sp³-hybridized carbons (Fsp3) is 0.0909. The van der Waals surface area contributed by atoms with Crippen LogP contribution in [0, 0.1) is 0 Å². The first kappa shape index (κ1) is 11.7. The van der Waals surface area contributed by atoms with Crippen molar-refractivity contribution in [2.45, 2.75) is 6.54 Å². The second-order valence-electron chi connectivity index (χ2n) is 3.49. The first-order chi connectivity index (χ1) is 8.15. The molecule has 0 fully saturated rings.